The van der Waals surface area contributed by atoms with Crippen LogP contribution < -0.4 is 15.4 Å². The summed E-state index contributed by atoms with van der Waals surface area (Å²) in [5.74, 6) is 1.68. The Hall–Kier alpha value is -1.29. The highest BCUT2D eigenvalue weighted by molar-refractivity contribution is 7.80. The lowest BCUT2D eigenvalue weighted by Gasteiger charge is -2.32. The zero-order valence-corrected chi connectivity index (χ0v) is 13.5. The summed E-state index contributed by atoms with van der Waals surface area (Å²) in [6, 6.07) is 7.97. The first-order valence-corrected chi connectivity index (χ1v) is 8.45. The van der Waals surface area contributed by atoms with Crippen LogP contribution >= 0.6 is 12.2 Å². The number of rotatable bonds is 5. The van der Waals surface area contributed by atoms with Crippen LogP contribution in [0.2, 0.25) is 0 Å². The molecular formula is C17H24N2OS. The largest absolute Gasteiger partial charge is 0.492 e. The SMILES string of the molecule is CCOc1ccccc1NC(=S)NC1(C2CC2)CCCC1. The highest BCUT2D eigenvalue weighted by Gasteiger charge is 2.47. The van der Waals surface area contributed by atoms with E-state index in [1.165, 1.54) is 38.5 Å². The summed E-state index contributed by atoms with van der Waals surface area (Å²) in [7, 11) is 0. The van der Waals surface area contributed by atoms with Gasteiger partial charge in [-0.2, -0.15) is 0 Å². The summed E-state index contributed by atoms with van der Waals surface area (Å²) in [6.45, 7) is 2.65. The molecule has 0 unspecified atom stereocenters. The third-order valence-electron chi connectivity index (χ3n) is 4.65. The minimum absolute atomic E-state index is 0.255. The minimum atomic E-state index is 0.255. The molecule has 1 aromatic rings. The molecule has 3 nitrogen and oxygen atoms in total. The number of benzene rings is 1. The average molecular weight is 304 g/mol. The van der Waals surface area contributed by atoms with Crippen LogP contribution in [0.1, 0.15) is 45.4 Å². The second-order valence-electron chi connectivity index (χ2n) is 6.15. The highest BCUT2D eigenvalue weighted by atomic mass is 32.1. The summed E-state index contributed by atoms with van der Waals surface area (Å²) in [6.07, 6.45) is 7.86. The topological polar surface area (TPSA) is 33.3 Å². The summed E-state index contributed by atoms with van der Waals surface area (Å²) < 4.78 is 5.64. The normalized spacial score (nSPS) is 20.0. The third-order valence-corrected chi connectivity index (χ3v) is 4.86. The van der Waals surface area contributed by atoms with Crippen LogP contribution in [0.25, 0.3) is 0 Å². The Morgan fingerprint density at radius 3 is 2.67 bits per heavy atom. The fraction of sp³-hybridized carbons (Fsp3) is 0.588. The molecule has 0 saturated heterocycles. The molecule has 0 amide bonds. The molecule has 2 N–H and O–H groups in total. The predicted octanol–water partition coefficient (Wildman–Crippen LogP) is 4.09. The van der Waals surface area contributed by atoms with E-state index < -0.39 is 0 Å². The summed E-state index contributed by atoms with van der Waals surface area (Å²) in [4.78, 5) is 0. The Balaban J connectivity index is 1.66. The number of para-hydroxylation sites is 2. The summed E-state index contributed by atoms with van der Waals surface area (Å²) >= 11 is 5.56. The first-order chi connectivity index (χ1) is 10.2. The molecule has 0 spiro atoms. The Bertz CT molecular complexity index is 507. The van der Waals surface area contributed by atoms with Crippen molar-refractivity contribution in [3.8, 4) is 5.75 Å². The second-order valence-corrected chi connectivity index (χ2v) is 6.55. The van der Waals surface area contributed by atoms with E-state index in [0.717, 1.165) is 22.5 Å². The van der Waals surface area contributed by atoms with Gasteiger partial charge in [0.1, 0.15) is 5.75 Å². The van der Waals surface area contributed by atoms with E-state index in [1.54, 1.807) is 0 Å². The summed E-state index contributed by atoms with van der Waals surface area (Å²) in [5.41, 5.74) is 1.20. The van der Waals surface area contributed by atoms with Gasteiger partial charge >= 0.3 is 0 Å². The van der Waals surface area contributed by atoms with Gasteiger partial charge in [0.25, 0.3) is 0 Å². The van der Waals surface area contributed by atoms with Crippen molar-refractivity contribution in [2.75, 3.05) is 11.9 Å². The molecule has 2 aliphatic carbocycles. The fourth-order valence-corrected chi connectivity index (χ4v) is 3.82. The molecule has 3 rings (SSSR count). The molecule has 0 heterocycles. The van der Waals surface area contributed by atoms with Gasteiger partial charge in [-0.05, 0) is 62.9 Å². The lowest BCUT2D eigenvalue weighted by Crippen LogP contribution is -2.49. The molecule has 0 atom stereocenters. The van der Waals surface area contributed by atoms with Crippen LogP contribution in [0.15, 0.2) is 24.3 Å². The molecule has 4 heteroatoms. The monoisotopic (exact) mass is 304 g/mol. The Kier molecular flexibility index (Phi) is 4.34. The maximum atomic E-state index is 5.64. The van der Waals surface area contributed by atoms with Crippen LogP contribution in [0.4, 0.5) is 5.69 Å². The van der Waals surface area contributed by atoms with Crippen molar-refractivity contribution >= 4 is 23.0 Å². The van der Waals surface area contributed by atoms with E-state index in [0.29, 0.717) is 6.61 Å². The van der Waals surface area contributed by atoms with E-state index in [1.807, 2.05) is 31.2 Å². The molecule has 21 heavy (non-hydrogen) atoms. The van der Waals surface area contributed by atoms with Crippen molar-refractivity contribution in [3.63, 3.8) is 0 Å². The smallest absolute Gasteiger partial charge is 0.171 e. The van der Waals surface area contributed by atoms with E-state index >= 15 is 0 Å². The van der Waals surface area contributed by atoms with Gasteiger partial charge in [-0.15, -0.1) is 0 Å². The molecule has 1 aromatic carbocycles. The lowest BCUT2D eigenvalue weighted by atomic mass is 9.91. The third kappa shape index (κ3) is 3.31. The van der Waals surface area contributed by atoms with Gasteiger partial charge in [0.05, 0.1) is 12.3 Å². The lowest BCUT2D eigenvalue weighted by molar-refractivity contribution is 0.338. The predicted molar refractivity (Wildman–Crippen MR) is 90.9 cm³/mol. The first-order valence-electron chi connectivity index (χ1n) is 8.04. The van der Waals surface area contributed by atoms with Crippen molar-refractivity contribution < 1.29 is 4.74 Å². The quantitative estimate of drug-likeness (QED) is 0.803. The van der Waals surface area contributed by atoms with Crippen LogP contribution in [0.5, 0.6) is 5.75 Å². The number of nitrogens with one attached hydrogen (secondary N) is 2. The fourth-order valence-electron chi connectivity index (χ4n) is 3.51. The van der Waals surface area contributed by atoms with Crippen molar-refractivity contribution in [3.05, 3.63) is 24.3 Å². The van der Waals surface area contributed by atoms with Gasteiger partial charge in [0.15, 0.2) is 5.11 Å². The Morgan fingerprint density at radius 2 is 2.00 bits per heavy atom. The molecule has 2 aliphatic rings. The van der Waals surface area contributed by atoms with Gasteiger partial charge < -0.3 is 15.4 Å². The van der Waals surface area contributed by atoms with Crippen molar-refractivity contribution in [1.29, 1.82) is 0 Å². The number of thiocarbonyl (C=S) groups is 1. The van der Waals surface area contributed by atoms with E-state index in [4.69, 9.17) is 17.0 Å². The molecule has 0 aliphatic heterocycles. The van der Waals surface area contributed by atoms with Gasteiger partial charge in [-0.25, -0.2) is 0 Å². The molecule has 0 bridgehead atoms. The number of hydrogen-bond acceptors (Lipinski definition) is 2. The van der Waals surface area contributed by atoms with E-state index in [-0.39, 0.29) is 5.54 Å². The summed E-state index contributed by atoms with van der Waals surface area (Å²) in [5, 5.41) is 7.69. The maximum Gasteiger partial charge on any atom is 0.171 e. The Labute approximate surface area is 132 Å². The standard InChI is InChI=1S/C17H24N2OS/c1-2-20-15-8-4-3-7-14(15)18-16(21)19-17(13-9-10-13)11-5-6-12-17/h3-4,7-8,13H,2,5-6,9-12H2,1H3,(H2,18,19,21). The zero-order chi connectivity index (χ0) is 14.7. The van der Waals surface area contributed by atoms with Crippen molar-refractivity contribution in [2.45, 2.75) is 51.0 Å². The molecular weight excluding hydrogens is 280 g/mol. The van der Waals surface area contributed by atoms with Gasteiger partial charge in [0, 0.05) is 5.54 Å². The number of hydrogen-bond donors (Lipinski definition) is 2. The minimum Gasteiger partial charge on any atom is -0.492 e. The second kappa shape index (κ2) is 6.22. The number of anilines is 1. The van der Waals surface area contributed by atoms with Crippen LogP contribution in [-0.2, 0) is 0 Å². The molecule has 0 radical (unpaired) electrons. The molecule has 114 valence electrons. The van der Waals surface area contributed by atoms with E-state index in [2.05, 4.69) is 10.6 Å². The van der Waals surface area contributed by atoms with E-state index in [9.17, 15) is 0 Å². The number of ether oxygens (including phenoxy) is 1. The van der Waals surface area contributed by atoms with Crippen molar-refractivity contribution in [1.82, 2.24) is 5.32 Å². The van der Waals surface area contributed by atoms with Crippen molar-refractivity contribution in [2.24, 2.45) is 5.92 Å². The average Bonchev–Trinajstić information content (AvgIpc) is 3.23. The van der Waals surface area contributed by atoms with Gasteiger partial charge in [-0.1, -0.05) is 25.0 Å². The highest BCUT2D eigenvalue weighted by Crippen LogP contribution is 2.48. The Morgan fingerprint density at radius 1 is 1.29 bits per heavy atom. The maximum absolute atomic E-state index is 5.64. The molecule has 2 fully saturated rings. The van der Waals surface area contributed by atoms with Gasteiger partial charge in [0.2, 0.25) is 0 Å². The van der Waals surface area contributed by atoms with Gasteiger partial charge in [-0.3, -0.25) is 0 Å². The molecule has 2 saturated carbocycles. The van der Waals surface area contributed by atoms with Crippen LogP contribution in [0.3, 0.4) is 0 Å². The zero-order valence-electron chi connectivity index (χ0n) is 12.7. The first kappa shape index (κ1) is 14.6. The molecule has 0 aromatic heterocycles. The van der Waals surface area contributed by atoms with Crippen LogP contribution in [-0.4, -0.2) is 17.3 Å². The van der Waals surface area contributed by atoms with Crippen LogP contribution in [0, 0.1) is 5.92 Å².